The van der Waals surface area contributed by atoms with E-state index in [1.165, 1.54) is 12.0 Å². The molecule has 2 heterocycles. The van der Waals surface area contributed by atoms with Gasteiger partial charge in [0.15, 0.2) is 11.5 Å². The molecule has 40 heavy (non-hydrogen) atoms. The number of aliphatic hydroxyl groups is 1. The van der Waals surface area contributed by atoms with Crippen LogP contribution >= 0.6 is 0 Å². The number of hydrogen-bond donors (Lipinski definition) is 1. The maximum absolute atomic E-state index is 13.4. The molecule has 8 heteroatoms. The molecule has 0 aromatic heterocycles. The molecule has 0 bridgehead atoms. The second-order valence-corrected chi connectivity index (χ2v) is 9.73. The van der Waals surface area contributed by atoms with Gasteiger partial charge in [-0.2, -0.15) is 0 Å². The lowest BCUT2D eigenvalue weighted by Gasteiger charge is -2.28. The summed E-state index contributed by atoms with van der Waals surface area (Å²) < 4.78 is 23.0. The number of amides is 1. The van der Waals surface area contributed by atoms with Crippen LogP contribution in [0.2, 0.25) is 0 Å². The third-order valence-electron chi connectivity index (χ3n) is 7.14. The van der Waals surface area contributed by atoms with Crippen LogP contribution in [-0.2, 0) is 20.9 Å². The molecule has 3 aromatic carbocycles. The standard InChI is InChI=1S/C32H33NO7/c1-3-38-24-14-11-22(12-15-24)30(34)28-29(33(32(36)31(28)35)19-25-10-7-17-39-25)23-13-16-26(27(18-23)37-2)40-20-21-8-5-4-6-9-21/h4-6,8-9,11-16,18,25,29,34H,3,7,10,17,19-20H2,1-2H3. The summed E-state index contributed by atoms with van der Waals surface area (Å²) in [6.07, 6.45) is 1.51. The minimum atomic E-state index is -0.826. The smallest absolute Gasteiger partial charge is 0.295 e. The van der Waals surface area contributed by atoms with Crippen LogP contribution in [0.4, 0.5) is 0 Å². The maximum Gasteiger partial charge on any atom is 0.295 e. The van der Waals surface area contributed by atoms with Crippen molar-refractivity contribution in [3.05, 3.63) is 95.1 Å². The number of hydrogen-bond acceptors (Lipinski definition) is 7. The quantitative estimate of drug-likeness (QED) is 0.211. The molecule has 0 saturated carbocycles. The van der Waals surface area contributed by atoms with Gasteiger partial charge in [0.25, 0.3) is 11.7 Å². The van der Waals surface area contributed by atoms with E-state index in [1.807, 2.05) is 37.3 Å². The second kappa shape index (κ2) is 12.3. The van der Waals surface area contributed by atoms with Crippen molar-refractivity contribution in [3.63, 3.8) is 0 Å². The molecule has 2 aliphatic rings. The Morgan fingerprint density at radius 1 is 1.00 bits per heavy atom. The van der Waals surface area contributed by atoms with Gasteiger partial charge in [-0.15, -0.1) is 0 Å². The lowest BCUT2D eigenvalue weighted by molar-refractivity contribution is -0.140. The number of carbonyl (C=O) groups excluding carboxylic acids is 2. The van der Waals surface area contributed by atoms with E-state index < -0.39 is 17.7 Å². The molecule has 2 saturated heterocycles. The van der Waals surface area contributed by atoms with Crippen molar-refractivity contribution in [2.45, 2.75) is 38.5 Å². The first-order chi connectivity index (χ1) is 19.5. The minimum Gasteiger partial charge on any atom is -0.507 e. The van der Waals surface area contributed by atoms with Crippen molar-refractivity contribution in [1.29, 1.82) is 0 Å². The highest BCUT2D eigenvalue weighted by Crippen LogP contribution is 2.42. The van der Waals surface area contributed by atoms with Crippen LogP contribution in [0.1, 0.15) is 42.5 Å². The van der Waals surface area contributed by atoms with Gasteiger partial charge in [0, 0.05) is 18.7 Å². The van der Waals surface area contributed by atoms with Crippen LogP contribution < -0.4 is 14.2 Å². The van der Waals surface area contributed by atoms with Crippen molar-refractivity contribution >= 4 is 17.4 Å². The van der Waals surface area contributed by atoms with E-state index in [0.29, 0.717) is 48.2 Å². The topological polar surface area (TPSA) is 94.5 Å². The Bertz CT molecular complexity index is 1380. The Morgan fingerprint density at radius 3 is 2.45 bits per heavy atom. The number of ketones is 1. The van der Waals surface area contributed by atoms with Gasteiger partial charge in [0.1, 0.15) is 18.1 Å². The number of likely N-dealkylation sites (tertiary alicyclic amines) is 1. The van der Waals surface area contributed by atoms with Crippen LogP contribution in [-0.4, -0.2) is 54.7 Å². The number of rotatable bonds is 10. The molecule has 1 N–H and O–H groups in total. The van der Waals surface area contributed by atoms with E-state index in [-0.39, 0.29) is 24.0 Å². The molecule has 5 rings (SSSR count). The number of aliphatic hydroxyl groups excluding tert-OH is 1. The van der Waals surface area contributed by atoms with Gasteiger partial charge >= 0.3 is 0 Å². The lowest BCUT2D eigenvalue weighted by atomic mass is 9.94. The number of ether oxygens (including phenoxy) is 4. The fourth-order valence-corrected chi connectivity index (χ4v) is 5.16. The molecule has 2 unspecified atom stereocenters. The van der Waals surface area contributed by atoms with Crippen molar-refractivity contribution in [3.8, 4) is 17.2 Å². The van der Waals surface area contributed by atoms with Gasteiger partial charge < -0.3 is 29.0 Å². The largest absolute Gasteiger partial charge is 0.507 e. The number of benzene rings is 3. The fraction of sp³-hybridized carbons (Fsp3) is 0.312. The van der Waals surface area contributed by atoms with Crippen LogP contribution in [0.5, 0.6) is 17.2 Å². The lowest BCUT2D eigenvalue weighted by Crippen LogP contribution is -2.36. The van der Waals surface area contributed by atoms with Gasteiger partial charge in [-0.05, 0) is 67.3 Å². The molecule has 0 spiro atoms. The van der Waals surface area contributed by atoms with Crippen LogP contribution in [0.25, 0.3) is 5.76 Å². The van der Waals surface area contributed by atoms with E-state index in [1.54, 1.807) is 42.5 Å². The third-order valence-corrected chi connectivity index (χ3v) is 7.14. The van der Waals surface area contributed by atoms with Crippen LogP contribution in [0.3, 0.4) is 0 Å². The van der Waals surface area contributed by atoms with E-state index in [9.17, 15) is 14.7 Å². The zero-order chi connectivity index (χ0) is 28.1. The molecular weight excluding hydrogens is 510 g/mol. The molecule has 0 aliphatic carbocycles. The molecular formula is C32H33NO7. The van der Waals surface area contributed by atoms with Gasteiger partial charge in [-0.1, -0.05) is 36.4 Å². The Labute approximate surface area is 233 Å². The highest BCUT2D eigenvalue weighted by molar-refractivity contribution is 6.46. The highest BCUT2D eigenvalue weighted by atomic mass is 16.5. The molecule has 8 nitrogen and oxygen atoms in total. The van der Waals surface area contributed by atoms with Crippen molar-refractivity contribution in [2.75, 3.05) is 26.9 Å². The van der Waals surface area contributed by atoms with E-state index in [0.717, 1.165) is 18.4 Å². The van der Waals surface area contributed by atoms with Crippen molar-refractivity contribution in [1.82, 2.24) is 4.90 Å². The molecule has 208 valence electrons. The molecule has 0 radical (unpaired) electrons. The molecule has 1 amide bonds. The first-order valence-corrected chi connectivity index (χ1v) is 13.5. The summed E-state index contributed by atoms with van der Waals surface area (Å²) in [5.74, 6) is -0.0288. The summed E-state index contributed by atoms with van der Waals surface area (Å²) in [5, 5.41) is 11.4. The Morgan fingerprint density at radius 2 is 1.77 bits per heavy atom. The summed E-state index contributed by atoms with van der Waals surface area (Å²) in [6, 6.07) is 21.1. The normalized spacial score (nSPS) is 20.1. The molecule has 2 aliphatic heterocycles. The molecule has 2 atom stereocenters. The van der Waals surface area contributed by atoms with Gasteiger partial charge in [-0.3, -0.25) is 9.59 Å². The summed E-state index contributed by atoms with van der Waals surface area (Å²) in [4.78, 5) is 28.2. The van der Waals surface area contributed by atoms with Gasteiger partial charge in [0.05, 0.1) is 31.4 Å². The minimum absolute atomic E-state index is 0.0205. The maximum atomic E-state index is 13.4. The predicted molar refractivity (Wildman–Crippen MR) is 149 cm³/mol. The first kappa shape index (κ1) is 27.3. The predicted octanol–water partition coefficient (Wildman–Crippen LogP) is 5.27. The zero-order valence-electron chi connectivity index (χ0n) is 22.7. The van der Waals surface area contributed by atoms with Crippen molar-refractivity contribution in [2.24, 2.45) is 0 Å². The SMILES string of the molecule is CCOc1ccc(C(O)=C2C(=O)C(=O)N(CC3CCCO3)C2c2ccc(OCc3ccccc3)c(OC)c2)cc1. The Hall–Kier alpha value is -4.30. The Kier molecular flexibility index (Phi) is 8.36. The van der Waals surface area contributed by atoms with E-state index in [2.05, 4.69) is 0 Å². The molecule has 2 fully saturated rings. The monoisotopic (exact) mass is 543 g/mol. The third kappa shape index (κ3) is 5.67. The zero-order valence-corrected chi connectivity index (χ0v) is 22.7. The van der Waals surface area contributed by atoms with Crippen LogP contribution in [0, 0.1) is 0 Å². The highest BCUT2D eigenvalue weighted by Gasteiger charge is 2.47. The summed E-state index contributed by atoms with van der Waals surface area (Å²) in [6.45, 7) is 3.60. The van der Waals surface area contributed by atoms with Crippen molar-refractivity contribution < 1.29 is 33.6 Å². The van der Waals surface area contributed by atoms with Gasteiger partial charge in [-0.25, -0.2) is 0 Å². The first-order valence-electron chi connectivity index (χ1n) is 13.5. The summed E-state index contributed by atoms with van der Waals surface area (Å²) in [5.41, 5.74) is 2.06. The summed E-state index contributed by atoms with van der Waals surface area (Å²) in [7, 11) is 1.54. The van der Waals surface area contributed by atoms with E-state index in [4.69, 9.17) is 18.9 Å². The number of methoxy groups -OCH3 is 1. The van der Waals surface area contributed by atoms with Crippen LogP contribution in [0.15, 0.2) is 78.4 Å². The number of carbonyl (C=O) groups is 2. The average Bonchev–Trinajstić information content (AvgIpc) is 3.59. The number of Topliss-reactive ketones (excluding diaryl/α,β-unsaturated/α-hetero) is 1. The Balaban J connectivity index is 1.53. The van der Waals surface area contributed by atoms with E-state index >= 15 is 0 Å². The number of nitrogens with zero attached hydrogens (tertiary/aromatic N) is 1. The average molecular weight is 544 g/mol. The fourth-order valence-electron chi connectivity index (χ4n) is 5.16. The molecule has 3 aromatic rings. The van der Waals surface area contributed by atoms with Gasteiger partial charge in [0.2, 0.25) is 0 Å². The summed E-state index contributed by atoms with van der Waals surface area (Å²) >= 11 is 0. The second-order valence-electron chi connectivity index (χ2n) is 9.73.